The van der Waals surface area contributed by atoms with E-state index in [1.807, 2.05) is 0 Å². The average Bonchev–Trinajstić information content (AvgIpc) is 1.79. The van der Waals surface area contributed by atoms with Crippen molar-refractivity contribution in [3.05, 3.63) is 10.4 Å². The quantitative estimate of drug-likeness (QED) is 0.304. The summed E-state index contributed by atoms with van der Waals surface area (Å²) in [5, 5.41) is 3.47. The van der Waals surface area contributed by atoms with E-state index in [4.69, 9.17) is 11.3 Å². The second-order valence-corrected chi connectivity index (χ2v) is 2.01. The summed E-state index contributed by atoms with van der Waals surface area (Å²) < 4.78 is 0. The third-order valence-electron chi connectivity index (χ3n) is 1.49. The number of nitrogens with zero attached hydrogens (tertiary/aromatic N) is 3. The SMILES string of the molecule is [N-]=[N+]=N[C@H]1CC[C@H]1N. The van der Waals surface area contributed by atoms with Crippen molar-refractivity contribution in [2.24, 2.45) is 10.8 Å². The Morgan fingerprint density at radius 3 is 2.50 bits per heavy atom. The Hall–Kier alpha value is -0.730. The van der Waals surface area contributed by atoms with Gasteiger partial charge in [-0.25, -0.2) is 0 Å². The van der Waals surface area contributed by atoms with Crippen LogP contribution in [-0.4, -0.2) is 12.1 Å². The molecule has 0 bridgehead atoms. The van der Waals surface area contributed by atoms with Crippen LogP contribution in [0.25, 0.3) is 10.4 Å². The van der Waals surface area contributed by atoms with Gasteiger partial charge in [-0.15, -0.1) is 0 Å². The minimum Gasteiger partial charge on any atom is -0.327 e. The normalized spacial score (nSPS) is 35.1. The summed E-state index contributed by atoms with van der Waals surface area (Å²) >= 11 is 0. The molecule has 0 aliphatic heterocycles. The maximum atomic E-state index is 7.92. The predicted octanol–water partition coefficient (Wildman–Crippen LogP) is 0.786. The summed E-state index contributed by atoms with van der Waals surface area (Å²) in [6.07, 6.45) is 1.97. The molecule has 1 rings (SSSR count). The van der Waals surface area contributed by atoms with Gasteiger partial charge in [0.1, 0.15) is 0 Å². The second kappa shape index (κ2) is 2.03. The molecule has 0 saturated heterocycles. The van der Waals surface area contributed by atoms with Crippen LogP contribution in [0.4, 0.5) is 0 Å². The van der Waals surface area contributed by atoms with Crippen molar-refractivity contribution < 1.29 is 0 Å². The van der Waals surface area contributed by atoms with Crippen LogP contribution in [0.15, 0.2) is 5.11 Å². The van der Waals surface area contributed by atoms with Gasteiger partial charge in [-0.3, -0.25) is 0 Å². The Kier molecular flexibility index (Phi) is 1.37. The van der Waals surface area contributed by atoms with E-state index in [-0.39, 0.29) is 12.1 Å². The van der Waals surface area contributed by atoms with Gasteiger partial charge in [0.25, 0.3) is 0 Å². The molecule has 0 heterocycles. The summed E-state index contributed by atoms with van der Waals surface area (Å²) in [6.45, 7) is 0. The molecule has 1 aliphatic rings. The van der Waals surface area contributed by atoms with Crippen LogP contribution in [0.5, 0.6) is 0 Å². The van der Waals surface area contributed by atoms with Crippen molar-refractivity contribution in [1.29, 1.82) is 0 Å². The fourth-order valence-electron chi connectivity index (χ4n) is 0.718. The van der Waals surface area contributed by atoms with Gasteiger partial charge in [-0.1, -0.05) is 5.11 Å². The molecule has 44 valence electrons. The third-order valence-corrected chi connectivity index (χ3v) is 1.49. The fraction of sp³-hybridized carbons (Fsp3) is 1.00. The summed E-state index contributed by atoms with van der Waals surface area (Å²) in [6, 6.07) is 0.214. The number of rotatable bonds is 1. The molecular weight excluding hydrogens is 104 g/mol. The van der Waals surface area contributed by atoms with Gasteiger partial charge >= 0.3 is 0 Å². The van der Waals surface area contributed by atoms with Crippen molar-refractivity contribution in [2.45, 2.75) is 24.9 Å². The lowest BCUT2D eigenvalue weighted by atomic mass is 9.88. The first-order valence-electron chi connectivity index (χ1n) is 2.64. The summed E-state index contributed by atoms with van der Waals surface area (Å²) in [5.74, 6) is 0. The molecule has 2 N–H and O–H groups in total. The van der Waals surface area contributed by atoms with E-state index in [2.05, 4.69) is 10.0 Å². The number of hydrogen-bond acceptors (Lipinski definition) is 2. The zero-order valence-electron chi connectivity index (χ0n) is 4.49. The van der Waals surface area contributed by atoms with E-state index in [9.17, 15) is 0 Å². The average molecular weight is 112 g/mol. The molecule has 0 spiro atoms. The van der Waals surface area contributed by atoms with Gasteiger partial charge in [-0.2, -0.15) is 0 Å². The Morgan fingerprint density at radius 2 is 2.38 bits per heavy atom. The van der Waals surface area contributed by atoms with Crippen LogP contribution in [0, 0.1) is 0 Å². The molecule has 0 aromatic rings. The van der Waals surface area contributed by atoms with Crippen LogP contribution in [0.3, 0.4) is 0 Å². The van der Waals surface area contributed by atoms with Crippen LogP contribution >= 0.6 is 0 Å². The highest BCUT2D eigenvalue weighted by atomic mass is 15.2. The maximum Gasteiger partial charge on any atom is 0.0525 e. The zero-order valence-corrected chi connectivity index (χ0v) is 4.49. The van der Waals surface area contributed by atoms with Crippen LogP contribution in [0.2, 0.25) is 0 Å². The summed E-state index contributed by atoms with van der Waals surface area (Å²) in [4.78, 5) is 2.65. The van der Waals surface area contributed by atoms with Crippen molar-refractivity contribution in [3.8, 4) is 0 Å². The van der Waals surface area contributed by atoms with Gasteiger partial charge in [0.2, 0.25) is 0 Å². The van der Waals surface area contributed by atoms with E-state index >= 15 is 0 Å². The van der Waals surface area contributed by atoms with Gasteiger partial charge in [0.15, 0.2) is 0 Å². The number of azide groups is 1. The van der Waals surface area contributed by atoms with Crippen LogP contribution in [0.1, 0.15) is 12.8 Å². The number of hydrogen-bond donors (Lipinski definition) is 1. The van der Waals surface area contributed by atoms with E-state index in [0.29, 0.717) is 0 Å². The molecule has 1 fully saturated rings. The highest BCUT2D eigenvalue weighted by Crippen LogP contribution is 2.20. The molecule has 0 aromatic carbocycles. The standard InChI is InChI=1S/C4H8N4/c5-3-1-2-4(3)7-8-6/h3-4H,1-2,5H2/t3-,4+/m1/s1. The Bertz CT molecular complexity index is 126. The zero-order chi connectivity index (χ0) is 5.98. The first kappa shape index (κ1) is 5.41. The lowest BCUT2D eigenvalue weighted by Gasteiger charge is -2.28. The summed E-state index contributed by atoms with van der Waals surface area (Å²) in [7, 11) is 0. The van der Waals surface area contributed by atoms with E-state index < -0.39 is 0 Å². The topological polar surface area (TPSA) is 74.8 Å². The number of nitrogens with two attached hydrogens (primary N) is 1. The minimum absolute atomic E-state index is 0.0833. The smallest absolute Gasteiger partial charge is 0.0525 e. The van der Waals surface area contributed by atoms with E-state index in [1.165, 1.54) is 0 Å². The van der Waals surface area contributed by atoms with Crippen molar-refractivity contribution >= 4 is 0 Å². The Balaban J connectivity index is 2.37. The molecule has 4 heteroatoms. The maximum absolute atomic E-state index is 7.92. The molecule has 0 amide bonds. The predicted molar refractivity (Wildman–Crippen MR) is 30.1 cm³/mol. The van der Waals surface area contributed by atoms with E-state index in [1.54, 1.807) is 0 Å². The van der Waals surface area contributed by atoms with Gasteiger partial charge in [0, 0.05) is 11.0 Å². The van der Waals surface area contributed by atoms with Crippen LogP contribution < -0.4 is 5.73 Å². The molecular formula is C4H8N4. The highest BCUT2D eigenvalue weighted by Gasteiger charge is 2.25. The third kappa shape index (κ3) is 0.757. The fourth-order valence-corrected chi connectivity index (χ4v) is 0.718. The molecule has 8 heavy (non-hydrogen) atoms. The first-order chi connectivity index (χ1) is 3.84. The summed E-state index contributed by atoms with van der Waals surface area (Å²) in [5.41, 5.74) is 13.4. The lowest BCUT2D eigenvalue weighted by Crippen LogP contribution is -2.42. The monoisotopic (exact) mass is 112 g/mol. The molecule has 4 nitrogen and oxygen atoms in total. The van der Waals surface area contributed by atoms with Gasteiger partial charge < -0.3 is 5.73 Å². The molecule has 1 saturated carbocycles. The first-order valence-corrected chi connectivity index (χ1v) is 2.64. The molecule has 0 aromatic heterocycles. The molecule has 0 radical (unpaired) electrons. The van der Waals surface area contributed by atoms with Crippen molar-refractivity contribution in [1.82, 2.24) is 0 Å². The molecule has 1 aliphatic carbocycles. The molecule has 0 unspecified atom stereocenters. The van der Waals surface area contributed by atoms with Crippen molar-refractivity contribution in [2.75, 3.05) is 0 Å². The van der Waals surface area contributed by atoms with E-state index in [0.717, 1.165) is 12.8 Å². The van der Waals surface area contributed by atoms with Gasteiger partial charge in [-0.05, 0) is 18.4 Å². The van der Waals surface area contributed by atoms with Gasteiger partial charge in [0.05, 0.1) is 6.04 Å². The highest BCUT2D eigenvalue weighted by molar-refractivity contribution is 4.89. The van der Waals surface area contributed by atoms with Crippen LogP contribution in [-0.2, 0) is 0 Å². The molecule has 2 atom stereocenters. The minimum atomic E-state index is 0.0833. The Morgan fingerprint density at radius 1 is 1.62 bits per heavy atom. The lowest BCUT2D eigenvalue weighted by molar-refractivity contribution is 0.346. The largest absolute Gasteiger partial charge is 0.327 e. The Labute approximate surface area is 47.3 Å². The van der Waals surface area contributed by atoms with Crippen molar-refractivity contribution in [3.63, 3.8) is 0 Å². The second-order valence-electron chi connectivity index (χ2n) is 2.01.